The number of aromatic nitrogens is 3. The summed E-state index contributed by atoms with van der Waals surface area (Å²) < 4.78 is 26.2. The molecule has 0 N–H and O–H groups in total. The molecule has 42 heavy (non-hydrogen) atoms. The number of halogens is 1. The number of pyridine rings is 1. The van der Waals surface area contributed by atoms with Crippen molar-refractivity contribution in [2.24, 2.45) is 0 Å². The van der Waals surface area contributed by atoms with Gasteiger partial charge in [0.15, 0.2) is 17.6 Å². The van der Waals surface area contributed by atoms with E-state index in [1.807, 2.05) is 24.3 Å². The van der Waals surface area contributed by atoms with Crippen molar-refractivity contribution in [2.45, 2.75) is 50.5 Å². The smallest absolute Gasteiger partial charge is 0.174 e. The first-order valence-corrected chi connectivity index (χ1v) is 15.0. The van der Waals surface area contributed by atoms with Gasteiger partial charge in [0.2, 0.25) is 0 Å². The lowest BCUT2D eigenvalue weighted by Gasteiger charge is -2.35. The number of para-hydroxylation sites is 1. The minimum absolute atomic E-state index is 0.236. The third kappa shape index (κ3) is 5.35. The Labute approximate surface area is 250 Å². The van der Waals surface area contributed by atoms with Gasteiger partial charge in [-0.25, -0.2) is 4.98 Å². The standard InChI is InChI=1S/C33H35ClN4O4/c1-21(39-2)23-6-8-27-29(16-23)38(18-25-12-15-40-25)32(36-27)19-37-13-10-22(11-14-37)26-4-3-5-30-33(26)42-31(20-41-30)28-9-7-24(34)17-35-28/h3-9,16-17,22,25,31H,1,10-15,18-20H2,2H3/t25-,31-/m0/s1. The molecule has 0 unspecified atom stereocenters. The molecule has 2 atom stereocenters. The Morgan fingerprint density at radius 2 is 1.98 bits per heavy atom. The highest BCUT2D eigenvalue weighted by atomic mass is 35.5. The Hall–Kier alpha value is -3.59. The molecule has 5 heterocycles. The van der Waals surface area contributed by atoms with Crippen LogP contribution in [0, 0.1) is 0 Å². The fourth-order valence-electron chi connectivity index (χ4n) is 6.18. The molecule has 2 aromatic carbocycles. The molecule has 7 rings (SSSR count). The van der Waals surface area contributed by atoms with Crippen LogP contribution in [0.25, 0.3) is 16.8 Å². The SMILES string of the molecule is C=C(OC)c1ccc2nc(CN3CCC(c4cccc5c4O[C@H](c4ccc(Cl)cn4)CO5)CC3)n(C[C@@H]3CCO3)c2c1. The molecule has 0 spiro atoms. The van der Waals surface area contributed by atoms with Crippen LogP contribution in [0.15, 0.2) is 61.3 Å². The number of rotatable bonds is 8. The van der Waals surface area contributed by atoms with E-state index in [4.69, 9.17) is 35.5 Å². The average molecular weight is 587 g/mol. The number of ether oxygens (including phenoxy) is 4. The molecule has 218 valence electrons. The van der Waals surface area contributed by atoms with Gasteiger partial charge in [0.25, 0.3) is 0 Å². The van der Waals surface area contributed by atoms with Crippen molar-refractivity contribution >= 4 is 28.4 Å². The monoisotopic (exact) mass is 586 g/mol. The van der Waals surface area contributed by atoms with E-state index >= 15 is 0 Å². The first-order chi connectivity index (χ1) is 20.6. The van der Waals surface area contributed by atoms with E-state index in [2.05, 4.69) is 45.3 Å². The molecule has 0 bridgehead atoms. The van der Waals surface area contributed by atoms with Gasteiger partial charge in [0, 0.05) is 23.9 Å². The highest BCUT2D eigenvalue weighted by molar-refractivity contribution is 6.30. The van der Waals surface area contributed by atoms with Crippen LogP contribution in [0.5, 0.6) is 11.5 Å². The van der Waals surface area contributed by atoms with E-state index in [1.54, 1.807) is 13.3 Å². The number of piperidine rings is 1. The minimum Gasteiger partial charge on any atom is -0.497 e. The van der Waals surface area contributed by atoms with Gasteiger partial charge in [-0.15, -0.1) is 0 Å². The number of benzene rings is 2. The lowest BCUT2D eigenvalue weighted by atomic mass is 9.88. The summed E-state index contributed by atoms with van der Waals surface area (Å²) in [5.41, 5.74) is 5.10. The summed E-state index contributed by atoms with van der Waals surface area (Å²) in [5, 5.41) is 0.608. The molecule has 2 aromatic heterocycles. The third-order valence-corrected chi connectivity index (χ3v) is 8.93. The Kier molecular flexibility index (Phi) is 7.52. The van der Waals surface area contributed by atoms with Crippen molar-refractivity contribution in [1.29, 1.82) is 0 Å². The summed E-state index contributed by atoms with van der Waals surface area (Å²) in [6.45, 7) is 8.86. The zero-order valence-electron chi connectivity index (χ0n) is 23.8. The number of fused-ring (bicyclic) bond motifs is 2. The Morgan fingerprint density at radius 1 is 1.12 bits per heavy atom. The topological polar surface area (TPSA) is 70.9 Å². The van der Waals surface area contributed by atoms with Crippen LogP contribution in [0.1, 0.15) is 53.9 Å². The van der Waals surface area contributed by atoms with E-state index in [1.165, 1.54) is 5.56 Å². The number of hydrogen-bond acceptors (Lipinski definition) is 7. The van der Waals surface area contributed by atoms with Gasteiger partial charge in [-0.3, -0.25) is 9.88 Å². The summed E-state index contributed by atoms with van der Waals surface area (Å²) in [4.78, 5) is 12.0. The second-order valence-electron chi connectivity index (χ2n) is 11.3. The third-order valence-electron chi connectivity index (χ3n) is 8.71. The van der Waals surface area contributed by atoms with Crippen LogP contribution in [0.3, 0.4) is 0 Å². The van der Waals surface area contributed by atoms with Gasteiger partial charge >= 0.3 is 0 Å². The first kappa shape index (κ1) is 27.3. The largest absolute Gasteiger partial charge is 0.497 e. The number of nitrogens with zero attached hydrogens (tertiary/aromatic N) is 4. The van der Waals surface area contributed by atoms with Crippen molar-refractivity contribution in [1.82, 2.24) is 19.4 Å². The molecule has 0 amide bonds. The lowest BCUT2D eigenvalue weighted by Crippen LogP contribution is -2.35. The minimum atomic E-state index is -0.259. The van der Waals surface area contributed by atoms with E-state index in [-0.39, 0.29) is 12.2 Å². The average Bonchev–Trinajstić information content (AvgIpc) is 3.34. The predicted molar refractivity (Wildman–Crippen MR) is 162 cm³/mol. The molecule has 3 aliphatic heterocycles. The zero-order chi connectivity index (χ0) is 28.6. The van der Waals surface area contributed by atoms with Gasteiger partial charge in [-0.1, -0.05) is 30.3 Å². The summed E-state index contributed by atoms with van der Waals surface area (Å²) in [6.07, 6.45) is 4.78. The zero-order valence-corrected chi connectivity index (χ0v) is 24.6. The lowest BCUT2D eigenvalue weighted by molar-refractivity contribution is -0.0592. The molecule has 2 fully saturated rings. The number of hydrogen-bond donors (Lipinski definition) is 0. The van der Waals surface area contributed by atoms with Gasteiger partial charge < -0.3 is 23.5 Å². The van der Waals surface area contributed by atoms with E-state index < -0.39 is 0 Å². The van der Waals surface area contributed by atoms with Crippen molar-refractivity contribution in [3.63, 3.8) is 0 Å². The van der Waals surface area contributed by atoms with Gasteiger partial charge in [-0.2, -0.15) is 0 Å². The normalized spacial score (nSPS) is 20.8. The Morgan fingerprint density at radius 3 is 2.71 bits per heavy atom. The van der Waals surface area contributed by atoms with Crippen molar-refractivity contribution < 1.29 is 18.9 Å². The summed E-state index contributed by atoms with van der Waals surface area (Å²) in [7, 11) is 1.65. The highest BCUT2D eigenvalue weighted by Crippen LogP contribution is 2.44. The predicted octanol–water partition coefficient (Wildman–Crippen LogP) is 6.38. The molecule has 2 saturated heterocycles. The molecule has 4 aromatic rings. The Balaban J connectivity index is 1.07. The highest BCUT2D eigenvalue weighted by Gasteiger charge is 2.31. The molecule has 0 radical (unpaired) electrons. The molecular formula is C33H35ClN4O4. The molecule has 3 aliphatic rings. The summed E-state index contributed by atoms with van der Waals surface area (Å²) >= 11 is 6.05. The van der Waals surface area contributed by atoms with E-state index in [0.717, 1.165) is 91.7 Å². The van der Waals surface area contributed by atoms with Crippen molar-refractivity contribution in [3.8, 4) is 11.5 Å². The van der Waals surface area contributed by atoms with Crippen LogP contribution >= 0.6 is 11.6 Å². The maximum Gasteiger partial charge on any atom is 0.174 e. The maximum atomic E-state index is 6.52. The number of imidazole rings is 1. The van der Waals surface area contributed by atoms with Gasteiger partial charge in [-0.05, 0) is 74.7 Å². The van der Waals surface area contributed by atoms with Crippen LogP contribution in [0.4, 0.5) is 0 Å². The summed E-state index contributed by atoms with van der Waals surface area (Å²) in [5.74, 6) is 3.77. The quantitative estimate of drug-likeness (QED) is 0.222. The van der Waals surface area contributed by atoms with E-state index in [0.29, 0.717) is 23.3 Å². The second kappa shape index (κ2) is 11.6. The van der Waals surface area contributed by atoms with Crippen molar-refractivity contribution in [2.75, 3.05) is 33.4 Å². The van der Waals surface area contributed by atoms with Crippen LogP contribution < -0.4 is 9.47 Å². The van der Waals surface area contributed by atoms with Crippen LogP contribution in [0.2, 0.25) is 5.02 Å². The van der Waals surface area contributed by atoms with Gasteiger partial charge in [0.05, 0.1) is 48.1 Å². The molecule has 0 aliphatic carbocycles. The molecule has 8 nitrogen and oxygen atoms in total. The number of likely N-dealkylation sites (tertiary alicyclic amines) is 1. The fraction of sp³-hybridized carbons (Fsp3) is 0.394. The van der Waals surface area contributed by atoms with Crippen LogP contribution in [-0.2, 0) is 22.6 Å². The number of methoxy groups -OCH3 is 1. The van der Waals surface area contributed by atoms with Gasteiger partial charge in [0.1, 0.15) is 18.2 Å². The Bertz CT molecular complexity index is 1590. The molecular weight excluding hydrogens is 552 g/mol. The van der Waals surface area contributed by atoms with Crippen LogP contribution in [-0.4, -0.2) is 59.0 Å². The van der Waals surface area contributed by atoms with E-state index in [9.17, 15) is 0 Å². The fourth-order valence-corrected chi connectivity index (χ4v) is 6.29. The second-order valence-corrected chi connectivity index (χ2v) is 11.7. The molecule has 9 heteroatoms. The molecule has 0 saturated carbocycles. The summed E-state index contributed by atoms with van der Waals surface area (Å²) in [6, 6.07) is 16.2. The first-order valence-electron chi connectivity index (χ1n) is 14.7. The maximum absolute atomic E-state index is 6.52. The van der Waals surface area contributed by atoms with Crippen molar-refractivity contribution in [3.05, 3.63) is 89.0 Å².